The fraction of sp³-hybridized carbons (Fsp3) is 0.667. The molecule has 4 heteroatoms. The lowest BCUT2D eigenvalue weighted by Crippen LogP contribution is -2.21. The molecule has 0 aromatic carbocycles. The van der Waals surface area contributed by atoms with Gasteiger partial charge in [-0.25, -0.2) is 0 Å². The highest BCUT2D eigenvalue weighted by molar-refractivity contribution is 5.99. The molecule has 2 heterocycles. The second-order valence-corrected chi connectivity index (χ2v) is 4.88. The summed E-state index contributed by atoms with van der Waals surface area (Å²) >= 11 is 0. The molecule has 2 aliphatic rings. The first kappa shape index (κ1) is 10.0. The summed E-state index contributed by atoms with van der Waals surface area (Å²) in [4.78, 5) is 14.3. The lowest BCUT2D eigenvalue weighted by Gasteiger charge is -2.19. The lowest BCUT2D eigenvalue weighted by molar-refractivity contribution is 0.0970. The van der Waals surface area contributed by atoms with Gasteiger partial charge in [-0.1, -0.05) is 0 Å². The molecule has 1 aliphatic carbocycles. The fourth-order valence-electron chi connectivity index (χ4n) is 2.93. The Morgan fingerprint density at radius 3 is 3.00 bits per heavy atom. The van der Waals surface area contributed by atoms with Gasteiger partial charge in [0, 0.05) is 12.1 Å². The van der Waals surface area contributed by atoms with Crippen molar-refractivity contribution in [2.24, 2.45) is 0 Å². The SMILES string of the molecule is CN1CCC[C@@H]1c1n[nH]c2c1C(=O)CCC2. The number of aromatic nitrogens is 2. The van der Waals surface area contributed by atoms with Crippen molar-refractivity contribution in [2.45, 2.75) is 38.1 Å². The van der Waals surface area contributed by atoms with Crippen LogP contribution in [-0.4, -0.2) is 34.5 Å². The van der Waals surface area contributed by atoms with Crippen LogP contribution in [0.4, 0.5) is 0 Å². The van der Waals surface area contributed by atoms with Gasteiger partial charge in [-0.15, -0.1) is 0 Å². The van der Waals surface area contributed by atoms with E-state index in [1.54, 1.807) is 0 Å². The second kappa shape index (κ2) is 3.70. The zero-order valence-electron chi connectivity index (χ0n) is 9.62. The first-order valence-corrected chi connectivity index (χ1v) is 6.08. The molecule has 1 atom stereocenters. The molecule has 1 saturated heterocycles. The minimum Gasteiger partial charge on any atom is -0.298 e. The number of likely N-dealkylation sites (tertiary alicyclic amines) is 1. The minimum atomic E-state index is 0.283. The number of rotatable bonds is 1. The Bertz CT molecular complexity index is 424. The number of carbonyl (C=O) groups excluding carboxylic acids is 1. The number of H-pyrrole nitrogens is 1. The standard InChI is InChI=1S/C12H17N3O/c1-15-7-3-5-9(15)12-11-8(13-14-12)4-2-6-10(11)16/h9H,2-7H2,1H3,(H,13,14)/t9-/m1/s1. The summed E-state index contributed by atoms with van der Waals surface area (Å²) in [6.07, 6.45) is 4.96. The third-order valence-corrected chi connectivity index (χ3v) is 3.81. The molecule has 86 valence electrons. The van der Waals surface area contributed by atoms with Gasteiger partial charge >= 0.3 is 0 Å². The smallest absolute Gasteiger partial charge is 0.166 e. The number of Topliss-reactive ketones (excluding diaryl/α,β-unsaturated/α-hetero) is 1. The summed E-state index contributed by atoms with van der Waals surface area (Å²) in [7, 11) is 2.12. The normalized spacial score (nSPS) is 26.1. The topological polar surface area (TPSA) is 49.0 Å². The average Bonchev–Trinajstić information content (AvgIpc) is 2.84. The average molecular weight is 219 g/mol. The minimum absolute atomic E-state index is 0.283. The van der Waals surface area contributed by atoms with Crippen molar-refractivity contribution in [3.05, 3.63) is 17.0 Å². The van der Waals surface area contributed by atoms with E-state index in [4.69, 9.17) is 0 Å². The Morgan fingerprint density at radius 1 is 1.38 bits per heavy atom. The van der Waals surface area contributed by atoms with Crippen LogP contribution >= 0.6 is 0 Å². The first-order valence-electron chi connectivity index (χ1n) is 6.08. The van der Waals surface area contributed by atoms with Gasteiger partial charge in [0.25, 0.3) is 0 Å². The van der Waals surface area contributed by atoms with Gasteiger partial charge in [0.1, 0.15) is 0 Å². The highest BCUT2D eigenvalue weighted by atomic mass is 16.1. The van der Waals surface area contributed by atoms with Crippen molar-refractivity contribution in [3.8, 4) is 0 Å². The van der Waals surface area contributed by atoms with Crippen LogP contribution in [0.5, 0.6) is 0 Å². The number of aryl methyl sites for hydroxylation is 1. The van der Waals surface area contributed by atoms with E-state index in [2.05, 4.69) is 22.1 Å². The number of carbonyl (C=O) groups is 1. The maximum Gasteiger partial charge on any atom is 0.166 e. The number of aromatic amines is 1. The quantitative estimate of drug-likeness (QED) is 0.782. The van der Waals surface area contributed by atoms with Gasteiger partial charge < -0.3 is 0 Å². The van der Waals surface area contributed by atoms with E-state index in [0.717, 1.165) is 42.8 Å². The van der Waals surface area contributed by atoms with E-state index in [0.29, 0.717) is 12.5 Å². The molecule has 0 bridgehead atoms. The Morgan fingerprint density at radius 2 is 2.25 bits per heavy atom. The van der Waals surface area contributed by atoms with Gasteiger partial charge in [-0.2, -0.15) is 5.10 Å². The highest BCUT2D eigenvalue weighted by Crippen LogP contribution is 2.34. The summed E-state index contributed by atoms with van der Waals surface area (Å²) in [6, 6.07) is 0.349. The number of hydrogen-bond donors (Lipinski definition) is 1. The number of nitrogens with zero attached hydrogens (tertiary/aromatic N) is 2. The molecule has 0 saturated carbocycles. The summed E-state index contributed by atoms with van der Waals surface area (Å²) in [5.74, 6) is 0.283. The van der Waals surface area contributed by atoms with Gasteiger partial charge in [0.05, 0.1) is 17.3 Å². The molecular weight excluding hydrogens is 202 g/mol. The molecule has 0 spiro atoms. The van der Waals surface area contributed by atoms with Crippen molar-refractivity contribution in [1.82, 2.24) is 15.1 Å². The predicted octanol–water partition coefficient (Wildman–Crippen LogP) is 1.70. The van der Waals surface area contributed by atoms with E-state index in [-0.39, 0.29) is 5.78 Å². The van der Waals surface area contributed by atoms with Gasteiger partial charge in [-0.05, 0) is 39.3 Å². The molecule has 1 aliphatic heterocycles. The van der Waals surface area contributed by atoms with E-state index in [1.165, 1.54) is 6.42 Å². The van der Waals surface area contributed by atoms with Crippen LogP contribution < -0.4 is 0 Å². The van der Waals surface area contributed by atoms with Crippen LogP contribution in [0.3, 0.4) is 0 Å². The summed E-state index contributed by atoms with van der Waals surface area (Å²) in [5.41, 5.74) is 2.97. The van der Waals surface area contributed by atoms with Crippen molar-refractivity contribution >= 4 is 5.78 Å². The zero-order chi connectivity index (χ0) is 11.1. The number of ketones is 1. The van der Waals surface area contributed by atoms with Crippen LogP contribution in [0.2, 0.25) is 0 Å². The monoisotopic (exact) mass is 219 g/mol. The largest absolute Gasteiger partial charge is 0.298 e. The molecule has 0 unspecified atom stereocenters. The maximum absolute atomic E-state index is 12.0. The predicted molar refractivity (Wildman–Crippen MR) is 60.5 cm³/mol. The van der Waals surface area contributed by atoms with Crippen molar-refractivity contribution in [2.75, 3.05) is 13.6 Å². The number of hydrogen-bond acceptors (Lipinski definition) is 3. The first-order chi connectivity index (χ1) is 7.77. The summed E-state index contributed by atoms with van der Waals surface area (Å²) in [6.45, 7) is 1.11. The third kappa shape index (κ3) is 1.40. The van der Waals surface area contributed by atoms with Crippen LogP contribution in [0.15, 0.2) is 0 Å². The Balaban J connectivity index is 2.01. The molecule has 0 radical (unpaired) electrons. The summed E-state index contributed by atoms with van der Waals surface area (Å²) < 4.78 is 0. The molecule has 0 amide bonds. The van der Waals surface area contributed by atoms with Crippen LogP contribution in [0.1, 0.15) is 53.5 Å². The third-order valence-electron chi connectivity index (χ3n) is 3.81. The molecule has 3 rings (SSSR count). The molecule has 16 heavy (non-hydrogen) atoms. The van der Waals surface area contributed by atoms with Crippen molar-refractivity contribution in [1.29, 1.82) is 0 Å². The van der Waals surface area contributed by atoms with Crippen LogP contribution in [-0.2, 0) is 6.42 Å². The van der Waals surface area contributed by atoms with Gasteiger partial charge in [0.2, 0.25) is 0 Å². The van der Waals surface area contributed by atoms with Crippen molar-refractivity contribution in [3.63, 3.8) is 0 Å². The fourth-order valence-corrected chi connectivity index (χ4v) is 2.93. The van der Waals surface area contributed by atoms with Gasteiger partial charge in [-0.3, -0.25) is 14.8 Å². The second-order valence-electron chi connectivity index (χ2n) is 4.88. The van der Waals surface area contributed by atoms with Crippen LogP contribution in [0.25, 0.3) is 0 Å². The Hall–Kier alpha value is -1.16. The molecule has 1 fully saturated rings. The molecule has 1 N–H and O–H groups in total. The van der Waals surface area contributed by atoms with E-state index in [1.807, 2.05) is 0 Å². The maximum atomic E-state index is 12.0. The zero-order valence-corrected chi connectivity index (χ0v) is 9.62. The number of nitrogens with one attached hydrogen (secondary N) is 1. The molecular formula is C12H17N3O. The Kier molecular flexibility index (Phi) is 2.32. The highest BCUT2D eigenvalue weighted by Gasteiger charge is 2.32. The van der Waals surface area contributed by atoms with Crippen LogP contribution in [0, 0.1) is 0 Å². The number of fused-ring (bicyclic) bond motifs is 1. The van der Waals surface area contributed by atoms with Gasteiger partial charge in [0.15, 0.2) is 5.78 Å². The van der Waals surface area contributed by atoms with E-state index < -0.39 is 0 Å². The Labute approximate surface area is 95.0 Å². The molecule has 1 aromatic heterocycles. The summed E-state index contributed by atoms with van der Waals surface area (Å²) in [5, 5.41) is 7.45. The van der Waals surface area contributed by atoms with E-state index >= 15 is 0 Å². The van der Waals surface area contributed by atoms with E-state index in [9.17, 15) is 4.79 Å². The lowest BCUT2D eigenvalue weighted by atomic mass is 9.92. The molecule has 1 aromatic rings. The molecule has 4 nitrogen and oxygen atoms in total. The van der Waals surface area contributed by atoms with Crippen molar-refractivity contribution < 1.29 is 4.79 Å².